The molecule has 3 nitrogen and oxygen atoms in total. The van der Waals surface area contributed by atoms with Crippen LogP contribution in [0.15, 0.2) is 51.9 Å². The first-order valence-electron chi connectivity index (χ1n) is 4.14. The minimum absolute atomic E-state index is 0.102. The van der Waals surface area contributed by atoms with Crippen LogP contribution in [0, 0.1) is 0 Å². The summed E-state index contributed by atoms with van der Waals surface area (Å²) in [6.45, 7) is 0. The SMILES string of the molecule is O=C(C=Cc1ccco1)c1ccoc1. The number of ketones is 1. The van der Waals surface area contributed by atoms with Gasteiger partial charge in [-0.15, -0.1) is 0 Å². The maximum atomic E-state index is 11.4. The van der Waals surface area contributed by atoms with E-state index in [4.69, 9.17) is 8.83 Å². The summed E-state index contributed by atoms with van der Waals surface area (Å²) < 4.78 is 9.83. The topological polar surface area (TPSA) is 43.4 Å². The molecule has 70 valence electrons. The fourth-order valence-corrected chi connectivity index (χ4v) is 1.04. The molecule has 0 atom stereocenters. The van der Waals surface area contributed by atoms with E-state index in [1.807, 2.05) is 0 Å². The van der Waals surface area contributed by atoms with Crippen molar-refractivity contribution in [3.05, 3.63) is 54.4 Å². The minimum Gasteiger partial charge on any atom is -0.472 e. The van der Waals surface area contributed by atoms with Crippen LogP contribution in [0.25, 0.3) is 6.08 Å². The van der Waals surface area contributed by atoms with Crippen molar-refractivity contribution in [2.45, 2.75) is 0 Å². The number of allylic oxidation sites excluding steroid dienone is 1. The highest BCUT2D eigenvalue weighted by molar-refractivity contribution is 6.06. The summed E-state index contributed by atoms with van der Waals surface area (Å²) in [6.07, 6.45) is 7.50. The van der Waals surface area contributed by atoms with Gasteiger partial charge < -0.3 is 8.83 Å². The summed E-state index contributed by atoms with van der Waals surface area (Å²) in [4.78, 5) is 11.4. The van der Waals surface area contributed by atoms with Crippen LogP contribution in [0.1, 0.15) is 16.1 Å². The van der Waals surface area contributed by atoms with Gasteiger partial charge in [0, 0.05) is 0 Å². The summed E-state index contributed by atoms with van der Waals surface area (Å²) in [5.74, 6) is 0.553. The molecular weight excluding hydrogens is 180 g/mol. The number of carbonyl (C=O) groups is 1. The molecule has 2 rings (SSSR count). The summed E-state index contributed by atoms with van der Waals surface area (Å²) in [7, 11) is 0. The van der Waals surface area contributed by atoms with Crippen LogP contribution >= 0.6 is 0 Å². The van der Waals surface area contributed by atoms with Crippen LogP contribution in [0.4, 0.5) is 0 Å². The number of furan rings is 2. The molecule has 3 heteroatoms. The molecule has 0 unspecified atom stereocenters. The molecule has 0 aliphatic rings. The zero-order chi connectivity index (χ0) is 9.80. The highest BCUT2D eigenvalue weighted by Crippen LogP contribution is 2.06. The van der Waals surface area contributed by atoms with Crippen molar-refractivity contribution < 1.29 is 13.6 Å². The number of hydrogen-bond donors (Lipinski definition) is 0. The van der Waals surface area contributed by atoms with Gasteiger partial charge in [-0.3, -0.25) is 4.79 Å². The third-order valence-electron chi connectivity index (χ3n) is 1.75. The van der Waals surface area contributed by atoms with Crippen LogP contribution < -0.4 is 0 Å². The normalized spacial score (nSPS) is 10.9. The molecule has 0 fully saturated rings. The van der Waals surface area contributed by atoms with E-state index in [9.17, 15) is 4.79 Å². The predicted molar refractivity (Wildman–Crippen MR) is 50.8 cm³/mol. The lowest BCUT2D eigenvalue weighted by Gasteiger charge is -1.86. The smallest absolute Gasteiger partial charge is 0.189 e. The molecule has 0 aromatic carbocycles. The first-order valence-corrected chi connectivity index (χ1v) is 4.14. The second-order valence-electron chi connectivity index (χ2n) is 2.73. The fourth-order valence-electron chi connectivity index (χ4n) is 1.04. The van der Waals surface area contributed by atoms with Crippen LogP contribution in [0.5, 0.6) is 0 Å². The largest absolute Gasteiger partial charge is 0.472 e. The van der Waals surface area contributed by atoms with Gasteiger partial charge in [-0.05, 0) is 30.4 Å². The lowest BCUT2D eigenvalue weighted by molar-refractivity contribution is 0.104. The Morgan fingerprint density at radius 2 is 2.21 bits per heavy atom. The number of rotatable bonds is 3. The third-order valence-corrected chi connectivity index (χ3v) is 1.75. The zero-order valence-electron chi connectivity index (χ0n) is 7.34. The maximum absolute atomic E-state index is 11.4. The zero-order valence-corrected chi connectivity index (χ0v) is 7.34. The van der Waals surface area contributed by atoms with Crippen LogP contribution in [-0.2, 0) is 0 Å². The van der Waals surface area contributed by atoms with Gasteiger partial charge >= 0.3 is 0 Å². The molecule has 14 heavy (non-hydrogen) atoms. The van der Waals surface area contributed by atoms with Gasteiger partial charge in [0.25, 0.3) is 0 Å². The highest BCUT2D eigenvalue weighted by Gasteiger charge is 2.01. The van der Waals surface area contributed by atoms with Gasteiger partial charge in [0.05, 0.1) is 18.1 Å². The first-order chi connectivity index (χ1) is 6.86. The Bertz CT molecular complexity index is 421. The third kappa shape index (κ3) is 1.82. The summed E-state index contributed by atoms with van der Waals surface area (Å²) in [5, 5.41) is 0. The van der Waals surface area contributed by atoms with E-state index in [1.165, 1.54) is 18.6 Å². The van der Waals surface area contributed by atoms with Gasteiger partial charge in [0.2, 0.25) is 0 Å². The molecule has 0 amide bonds. The monoisotopic (exact) mass is 188 g/mol. The first kappa shape index (κ1) is 8.56. The molecule has 2 aromatic heterocycles. The highest BCUT2D eigenvalue weighted by atomic mass is 16.3. The molecule has 0 bridgehead atoms. The molecule has 0 spiro atoms. The maximum Gasteiger partial charge on any atom is 0.189 e. The quantitative estimate of drug-likeness (QED) is 0.549. The average Bonchev–Trinajstić information content (AvgIpc) is 2.87. The lowest BCUT2D eigenvalue weighted by atomic mass is 10.2. The fraction of sp³-hybridized carbons (Fsp3) is 0. The van der Waals surface area contributed by atoms with Crippen molar-refractivity contribution >= 4 is 11.9 Å². The Morgan fingerprint density at radius 1 is 1.29 bits per heavy atom. The minimum atomic E-state index is -0.102. The standard InChI is InChI=1S/C11H8O3/c12-11(9-5-7-13-8-9)4-3-10-2-1-6-14-10/h1-8H. The van der Waals surface area contributed by atoms with Crippen molar-refractivity contribution in [3.8, 4) is 0 Å². The van der Waals surface area contributed by atoms with Crippen LogP contribution in [0.2, 0.25) is 0 Å². The molecule has 0 saturated carbocycles. The van der Waals surface area contributed by atoms with Gasteiger partial charge in [0.1, 0.15) is 12.0 Å². The molecule has 0 aliphatic heterocycles. The van der Waals surface area contributed by atoms with E-state index in [0.717, 1.165) is 0 Å². The Kier molecular flexibility index (Phi) is 2.32. The molecular formula is C11H8O3. The Hall–Kier alpha value is -2.03. The average molecular weight is 188 g/mol. The van der Waals surface area contributed by atoms with E-state index in [1.54, 1.807) is 30.5 Å². The molecule has 0 saturated heterocycles. The number of carbonyl (C=O) groups excluding carboxylic acids is 1. The van der Waals surface area contributed by atoms with Crippen molar-refractivity contribution in [1.82, 2.24) is 0 Å². The molecule has 2 aromatic rings. The van der Waals surface area contributed by atoms with Crippen molar-refractivity contribution in [2.24, 2.45) is 0 Å². The number of hydrogen-bond acceptors (Lipinski definition) is 3. The molecule has 2 heterocycles. The second kappa shape index (κ2) is 3.79. The second-order valence-corrected chi connectivity index (χ2v) is 2.73. The van der Waals surface area contributed by atoms with Crippen molar-refractivity contribution in [3.63, 3.8) is 0 Å². The Balaban J connectivity index is 2.09. The molecule has 0 N–H and O–H groups in total. The van der Waals surface area contributed by atoms with Crippen molar-refractivity contribution in [1.29, 1.82) is 0 Å². The Morgan fingerprint density at radius 3 is 2.86 bits per heavy atom. The van der Waals surface area contributed by atoms with Gasteiger partial charge in [-0.25, -0.2) is 0 Å². The van der Waals surface area contributed by atoms with Gasteiger partial charge in [0.15, 0.2) is 5.78 Å². The van der Waals surface area contributed by atoms with E-state index in [-0.39, 0.29) is 5.78 Å². The van der Waals surface area contributed by atoms with E-state index >= 15 is 0 Å². The van der Waals surface area contributed by atoms with E-state index < -0.39 is 0 Å². The lowest BCUT2D eigenvalue weighted by Crippen LogP contribution is -1.89. The Labute approximate surface area is 80.6 Å². The summed E-state index contributed by atoms with van der Waals surface area (Å²) in [5.41, 5.74) is 0.535. The predicted octanol–water partition coefficient (Wildman–Crippen LogP) is 2.77. The van der Waals surface area contributed by atoms with Crippen LogP contribution in [0.3, 0.4) is 0 Å². The molecule has 0 radical (unpaired) electrons. The van der Waals surface area contributed by atoms with Crippen LogP contribution in [-0.4, -0.2) is 5.78 Å². The van der Waals surface area contributed by atoms with Crippen molar-refractivity contribution in [2.75, 3.05) is 0 Å². The van der Waals surface area contributed by atoms with Gasteiger partial charge in [-0.1, -0.05) is 0 Å². The van der Waals surface area contributed by atoms with E-state index in [0.29, 0.717) is 11.3 Å². The van der Waals surface area contributed by atoms with E-state index in [2.05, 4.69) is 0 Å². The summed E-state index contributed by atoms with van der Waals surface area (Å²) >= 11 is 0. The summed E-state index contributed by atoms with van der Waals surface area (Å²) in [6, 6.07) is 5.16. The molecule has 0 aliphatic carbocycles. The van der Waals surface area contributed by atoms with Gasteiger partial charge in [-0.2, -0.15) is 0 Å².